The van der Waals surface area contributed by atoms with Crippen molar-refractivity contribution in [2.24, 2.45) is 5.92 Å². The van der Waals surface area contributed by atoms with Gasteiger partial charge >= 0.3 is 0 Å². The molecule has 1 aliphatic heterocycles. The summed E-state index contributed by atoms with van der Waals surface area (Å²) in [5.41, 5.74) is 1.31. The Kier molecular flexibility index (Phi) is 7.02. The Labute approximate surface area is 133 Å². The van der Waals surface area contributed by atoms with Gasteiger partial charge in [0, 0.05) is 10.8 Å². The molecule has 110 valence electrons. The number of hydrogen-bond donors (Lipinski definition) is 0. The number of benzene rings is 1. The van der Waals surface area contributed by atoms with Crippen LogP contribution in [0.3, 0.4) is 0 Å². The smallest absolute Gasteiger partial charge is 0.0438 e. The van der Waals surface area contributed by atoms with Gasteiger partial charge in [-0.05, 0) is 41.7 Å². The first-order valence-corrected chi connectivity index (χ1v) is 9.24. The molecule has 0 amide bonds. The van der Waals surface area contributed by atoms with Gasteiger partial charge < -0.3 is 0 Å². The van der Waals surface area contributed by atoms with Crippen molar-refractivity contribution in [3.05, 3.63) is 45.8 Å². The second-order valence-electron chi connectivity index (χ2n) is 5.59. The molecule has 1 aromatic carbocycles. The minimum Gasteiger partial charge on any atom is -0.130 e. The highest BCUT2D eigenvalue weighted by Gasteiger charge is 2.19. The molecule has 0 nitrogen and oxygen atoms in total. The highest BCUT2D eigenvalue weighted by Crippen LogP contribution is 2.37. The maximum Gasteiger partial charge on any atom is 0.0438 e. The molecule has 0 bridgehead atoms. The minimum absolute atomic E-state index is 0.680. The van der Waals surface area contributed by atoms with Crippen molar-refractivity contribution in [1.29, 1.82) is 0 Å². The van der Waals surface area contributed by atoms with E-state index in [2.05, 4.69) is 36.9 Å². The van der Waals surface area contributed by atoms with E-state index in [1.54, 1.807) is 4.91 Å². The summed E-state index contributed by atoms with van der Waals surface area (Å²) in [4.78, 5) is 1.61. The van der Waals surface area contributed by atoms with Crippen molar-refractivity contribution in [3.63, 3.8) is 0 Å². The molecule has 0 N–H and O–H groups in total. The number of allylic oxidation sites excluding steroid dienone is 2. The van der Waals surface area contributed by atoms with Crippen molar-refractivity contribution >= 4 is 23.4 Å². The molecule has 0 saturated heterocycles. The van der Waals surface area contributed by atoms with Crippen LogP contribution >= 0.6 is 23.4 Å². The fourth-order valence-corrected chi connectivity index (χ4v) is 4.17. The lowest BCUT2D eigenvalue weighted by atomic mass is 9.92. The molecule has 1 unspecified atom stereocenters. The molecule has 1 heterocycles. The fourth-order valence-electron chi connectivity index (χ4n) is 2.81. The highest BCUT2D eigenvalue weighted by molar-refractivity contribution is 8.03. The van der Waals surface area contributed by atoms with Crippen molar-refractivity contribution in [3.8, 4) is 0 Å². The summed E-state index contributed by atoms with van der Waals surface area (Å²) in [7, 11) is 0. The lowest BCUT2D eigenvalue weighted by molar-refractivity contribution is 0.522. The molecule has 2 rings (SSSR count). The van der Waals surface area contributed by atoms with E-state index in [-0.39, 0.29) is 0 Å². The Hall–Kier alpha value is -0.400. The molecule has 1 aromatic rings. The van der Waals surface area contributed by atoms with Gasteiger partial charge in [-0.3, -0.25) is 0 Å². The maximum absolute atomic E-state index is 6.33. The minimum atomic E-state index is 0.680. The number of unbranched alkanes of at least 4 members (excludes halogenated alkanes) is 3. The van der Waals surface area contributed by atoms with Crippen LogP contribution in [-0.2, 0) is 6.42 Å². The Morgan fingerprint density at radius 3 is 2.75 bits per heavy atom. The summed E-state index contributed by atoms with van der Waals surface area (Å²) in [6.07, 6.45) is 11.5. The zero-order valence-corrected chi connectivity index (χ0v) is 14.0. The van der Waals surface area contributed by atoms with E-state index in [1.807, 2.05) is 12.1 Å². The molecule has 0 aromatic heterocycles. The largest absolute Gasteiger partial charge is 0.130 e. The van der Waals surface area contributed by atoms with E-state index in [0.717, 1.165) is 11.4 Å². The summed E-state index contributed by atoms with van der Waals surface area (Å²) in [5.74, 6) is 1.95. The molecular weight excluding hydrogens is 284 g/mol. The first-order valence-electron chi connectivity index (χ1n) is 7.87. The standard InChI is InChI=1S/C18H25ClS/c1-2-3-4-5-10-16(18-12-8-13-20-18)14-15-9-6-7-11-17(15)19/h6-7,9,11-12,16H,2-5,8,10,13-14H2,1H3. The van der Waals surface area contributed by atoms with E-state index >= 15 is 0 Å². The van der Waals surface area contributed by atoms with Crippen molar-refractivity contribution in [1.82, 2.24) is 0 Å². The molecule has 0 aliphatic carbocycles. The Bertz CT molecular complexity index is 439. The Morgan fingerprint density at radius 2 is 2.05 bits per heavy atom. The molecule has 0 radical (unpaired) electrons. The van der Waals surface area contributed by atoms with E-state index in [4.69, 9.17) is 11.6 Å². The summed E-state index contributed by atoms with van der Waals surface area (Å²) < 4.78 is 0. The summed E-state index contributed by atoms with van der Waals surface area (Å²) in [6, 6.07) is 8.32. The van der Waals surface area contributed by atoms with Crippen LogP contribution in [0.1, 0.15) is 51.0 Å². The first-order chi connectivity index (χ1) is 9.81. The highest BCUT2D eigenvalue weighted by atomic mass is 35.5. The van der Waals surface area contributed by atoms with E-state index < -0.39 is 0 Å². The van der Waals surface area contributed by atoms with Crippen LogP contribution in [0.5, 0.6) is 0 Å². The number of rotatable bonds is 8. The third-order valence-electron chi connectivity index (χ3n) is 3.96. The van der Waals surface area contributed by atoms with Crippen LogP contribution in [0.2, 0.25) is 5.02 Å². The molecule has 2 heteroatoms. The third-order valence-corrected chi connectivity index (χ3v) is 5.61. The maximum atomic E-state index is 6.33. The first kappa shape index (κ1) is 16.0. The number of thioether (sulfide) groups is 1. The summed E-state index contributed by atoms with van der Waals surface area (Å²) in [6.45, 7) is 2.27. The van der Waals surface area contributed by atoms with Crippen LogP contribution in [0, 0.1) is 5.92 Å². The van der Waals surface area contributed by atoms with Gasteiger partial charge in [0.25, 0.3) is 0 Å². The molecular formula is C18H25ClS. The monoisotopic (exact) mass is 308 g/mol. The second-order valence-corrected chi connectivity index (χ2v) is 7.16. The van der Waals surface area contributed by atoms with Crippen molar-refractivity contribution in [2.75, 3.05) is 5.75 Å². The lowest BCUT2D eigenvalue weighted by Gasteiger charge is -2.19. The molecule has 0 saturated carbocycles. The Balaban J connectivity index is 1.97. The van der Waals surface area contributed by atoms with Crippen molar-refractivity contribution in [2.45, 2.75) is 51.9 Å². The normalized spacial score (nSPS) is 16.2. The van der Waals surface area contributed by atoms with Gasteiger partial charge in [-0.1, -0.05) is 68.5 Å². The predicted octanol–water partition coefficient (Wildman–Crippen LogP) is 6.49. The molecule has 0 spiro atoms. The molecule has 1 atom stereocenters. The van der Waals surface area contributed by atoms with Gasteiger partial charge in [-0.25, -0.2) is 0 Å². The summed E-state index contributed by atoms with van der Waals surface area (Å²) in [5, 5.41) is 0.926. The third kappa shape index (κ3) is 4.86. The average molecular weight is 309 g/mol. The van der Waals surface area contributed by atoms with Gasteiger partial charge in [0.1, 0.15) is 0 Å². The summed E-state index contributed by atoms with van der Waals surface area (Å²) >= 11 is 8.39. The van der Waals surface area contributed by atoms with Gasteiger partial charge in [0.2, 0.25) is 0 Å². The molecule has 20 heavy (non-hydrogen) atoms. The van der Waals surface area contributed by atoms with E-state index in [9.17, 15) is 0 Å². The molecule has 0 fully saturated rings. The zero-order valence-electron chi connectivity index (χ0n) is 12.4. The number of halogens is 1. The van der Waals surface area contributed by atoms with Gasteiger partial charge in [0.15, 0.2) is 0 Å². The number of hydrogen-bond acceptors (Lipinski definition) is 1. The second kappa shape index (κ2) is 8.79. The molecule has 1 aliphatic rings. The Morgan fingerprint density at radius 1 is 1.20 bits per heavy atom. The van der Waals surface area contributed by atoms with Crippen LogP contribution < -0.4 is 0 Å². The van der Waals surface area contributed by atoms with Crippen LogP contribution in [-0.4, -0.2) is 5.75 Å². The van der Waals surface area contributed by atoms with Gasteiger partial charge in [-0.2, -0.15) is 0 Å². The van der Waals surface area contributed by atoms with E-state index in [1.165, 1.54) is 49.8 Å². The zero-order chi connectivity index (χ0) is 14.2. The lowest BCUT2D eigenvalue weighted by Crippen LogP contribution is -2.06. The van der Waals surface area contributed by atoms with Gasteiger partial charge in [0.05, 0.1) is 0 Å². The van der Waals surface area contributed by atoms with Crippen molar-refractivity contribution < 1.29 is 0 Å². The SMILES string of the molecule is CCCCCCC(Cc1ccccc1Cl)C1=CCCS1. The quantitative estimate of drug-likeness (QED) is 0.495. The van der Waals surface area contributed by atoms with Crippen LogP contribution in [0.15, 0.2) is 35.2 Å². The topological polar surface area (TPSA) is 0 Å². The average Bonchev–Trinajstić information content (AvgIpc) is 2.98. The predicted molar refractivity (Wildman–Crippen MR) is 92.6 cm³/mol. The van der Waals surface area contributed by atoms with E-state index in [0.29, 0.717) is 5.92 Å². The van der Waals surface area contributed by atoms with Crippen LogP contribution in [0.25, 0.3) is 0 Å². The fraction of sp³-hybridized carbons (Fsp3) is 0.556. The van der Waals surface area contributed by atoms with Crippen LogP contribution in [0.4, 0.5) is 0 Å². The van der Waals surface area contributed by atoms with Gasteiger partial charge in [-0.15, -0.1) is 11.8 Å².